The normalized spacial score (nSPS) is 13.8. The van der Waals surface area contributed by atoms with Gasteiger partial charge in [0.25, 0.3) is 0 Å². The summed E-state index contributed by atoms with van der Waals surface area (Å²) in [6.45, 7) is 0. The maximum atomic E-state index is 3.92. The van der Waals surface area contributed by atoms with Crippen molar-refractivity contribution in [2.45, 2.75) is 5.41 Å². The fourth-order valence-electron chi connectivity index (χ4n) is 10.0. The molecule has 0 aliphatic carbocycles. The molecule has 12 rings (SSSR count). The van der Waals surface area contributed by atoms with Gasteiger partial charge in [-0.1, -0.05) is 169 Å². The number of rotatable bonds is 3. The molecular weight excluding hydrogens is 651 g/mol. The van der Waals surface area contributed by atoms with Crippen molar-refractivity contribution in [2.75, 3.05) is 4.90 Å². The Labute approximate surface area is 314 Å². The van der Waals surface area contributed by atoms with Crippen molar-refractivity contribution in [3.05, 3.63) is 210 Å². The maximum absolute atomic E-state index is 3.92. The summed E-state index contributed by atoms with van der Waals surface area (Å²) < 4.78 is 0. The first-order valence-electron chi connectivity index (χ1n) is 18.9. The van der Waals surface area contributed by atoms with Gasteiger partial charge in [0.05, 0.1) is 16.6 Å². The van der Waals surface area contributed by atoms with E-state index < -0.39 is 5.41 Å². The van der Waals surface area contributed by atoms with Gasteiger partial charge >= 0.3 is 0 Å². The molecule has 0 amide bonds. The van der Waals surface area contributed by atoms with Crippen LogP contribution in [0.4, 0.5) is 17.1 Å². The molecule has 3 heteroatoms. The maximum Gasteiger partial charge on any atom is 0.198 e. The Morgan fingerprint density at radius 2 is 1.09 bits per heavy atom. The second-order valence-corrected chi connectivity index (χ2v) is 14.9. The Bertz CT molecular complexity index is 3100. The van der Waals surface area contributed by atoms with Gasteiger partial charge in [-0.2, -0.15) is 0 Å². The van der Waals surface area contributed by atoms with E-state index in [0.29, 0.717) is 0 Å². The van der Waals surface area contributed by atoms with Crippen molar-refractivity contribution in [1.29, 1.82) is 0 Å². The SMILES string of the molecule is B1c2cccc3c2N(c2ccccc2C3(c2ccccc2)c2ccccc2)c2cc3ccccc3c(-c3cccc4c3[nH]c3cc5ccccc5cc34)c21. The van der Waals surface area contributed by atoms with Gasteiger partial charge in [0.2, 0.25) is 0 Å². The van der Waals surface area contributed by atoms with Gasteiger partial charge in [-0.05, 0) is 79.1 Å². The van der Waals surface area contributed by atoms with Gasteiger partial charge in [0, 0.05) is 33.2 Å². The van der Waals surface area contributed by atoms with E-state index in [9.17, 15) is 0 Å². The lowest BCUT2D eigenvalue weighted by Crippen LogP contribution is -2.47. The molecule has 1 aromatic heterocycles. The first-order valence-corrected chi connectivity index (χ1v) is 18.9. The summed E-state index contributed by atoms with van der Waals surface area (Å²) in [5.74, 6) is 0. The van der Waals surface area contributed by atoms with E-state index in [-0.39, 0.29) is 0 Å². The monoisotopic (exact) mass is 684 g/mol. The Morgan fingerprint density at radius 3 is 1.89 bits per heavy atom. The number of nitrogens with one attached hydrogen (secondary N) is 1. The number of hydrogen-bond donors (Lipinski definition) is 1. The number of para-hydroxylation sites is 3. The van der Waals surface area contributed by atoms with Crippen LogP contribution in [0, 0.1) is 0 Å². The standard InChI is InChI=1S/C51H33BN2/c1-3-18-35(19-4-1)51(36-20-5-2-6-21-36)41-25-11-12-28-45(41)54-46-31-34-17-9-10-22-37(34)47(48(46)52-43-27-14-26-42(51)50(43)54)39-24-13-23-38-40-29-32-15-7-8-16-33(32)30-44(40)53-49(38)39/h1-31,52-53H. The van der Waals surface area contributed by atoms with E-state index in [2.05, 4.69) is 198 Å². The average molecular weight is 685 g/mol. The van der Waals surface area contributed by atoms with Crippen molar-refractivity contribution in [3.8, 4) is 11.1 Å². The topological polar surface area (TPSA) is 19.0 Å². The van der Waals surface area contributed by atoms with Gasteiger partial charge in [0.15, 0.2) is 7.28 Å². The van der Waals surface area contributed by atoms with Crippen LogP contribution in [0.3, 0.4) is 0 Å². The quantitative estimate of drug-likeness (QED) is 0.184. The van der Waals surface area contributed by atoms with Crippen LogP contribution >= 0.6 is 0 Å². The van der Waals surface area contributed by atoms with Gasteiger partial charge < -0.3 is 9.88 Å². The molecule has 54 heavy (non-hydrogen) atoms. The van der Waals surface area contributed by atoms with Crippen LogP contribution < -0.4 is 15.8 Å². The van der Waals surface area contributed by atoms with Gasteiger partial charge in [-0.15, -0.1) is 0 Å². The summed E-state index contributed by atoms with van der Waals surface area (Å²) in [4.78, 5) is 6.52. The second-order valence-electron chi connectivity index (χ2n) is 14.9. The Morgan fingerprint density at radius 1 is 0.463 bits per heavy atom. The predicted molar refractivity (Wildman–Crippen MR) is 229 cm³/mol. The number of fused-ring (bicyclic) bond motifs is 9. The molecule has 2 aliphatic heterocycles. The zero-order chi connectivity index (χ0) is 35.4. The van der Waals surface area contributed by atoms with E-state index >= 15 is 0 Å². The summed E-state index contributed by atoms with van der Waals surface area (Å²) in [6, 6.07) is 70.0. The molecule has 0 atom stereocenters. The van der Waals surface area contributed by atoms with Gasteiger partial charge in [0.1, 0.15) is 0 Å². The number of hydrogen-bond acceptors (Lipinski definition) is 1. The van der Waals surface area contributed by atoms with E-state index in [4.69, 9.17) is 0 Å². The summed E-state index contributed by atoms with van der Waals surface area (Å²) in [6.07, 6.45) is 0. The summed E-state index contributed by atoms with van der Waals surface area (Å²) in [7, 11) is 0.831. The molecule has 0 saturated carbocycles. The highest BCUT2D eigenvalue weighted by molar-refractivity contribution is 6.74. The third-order valence-corrected chi connectivity index (χ3v) is 12.2. The minimum Gasteiger partial charge on any atom is -0.354 e. The number of aromatic nitrogens is 1. The van der Waals surface area contributed by atoms with Crippen molar-refractivity contribution in [3.63, 3.8) is 0 Å². The summed E-state index contributed by atoms with van der Waals surface area (Å²) in [5, 5.41) is 7.55. The van der Waals surface area contributed by atoms with Crippen LogP contribution in [0.5, 0.6) is 0 Å². The minimum absolute atomic E-state index is 0.488. The fraction of sp³-hybridized carbons (Fsp3) is 0.0196. The smallest absolute Gasteiger partial charge is 0.198 e. The highest BCUT2D eigenvalue weighted by atomic mass is 15.2. The molecule has 0 radical (unpaired) electrons. The molecule has 2 nitrogen and oxygen atoms in total. The molecule has 0 unspecified atom stereocenters. The average Bonchev–Trinajstić information content (AvgIpc) is 3.60. The molecular formula is C51H33BN2. The third-order valence-electron chi connectivity index (χ3n) is 12.2. The van der Waals surface area contributed by atoms with E-state index in [1.165, 1.54) is 105 Å². The number of benzene rings is 9. The van der Waals surface area contributed by atoms with Crippen molar-refractivity contribution in [1.82, 2.24) is 4.98 Å². The molecule has 250 valence electrons. The summed E-state index contributed by atoms with van der Waals surface area (Å²) >= 11 is 0. The van der Waals surface area contributed by atoms with Gasteiger partial charge in [-0.3, -0.25) is 0 Å². The fourth-order valence-corrected chi connectivity index (χ4v) is 10.0. The van der Waals surface area contributed by atoms with Crippen LogP contribution in [0.15, 0.2) is 188 Å². The van der Waals surface area contributed by atoms with Crippen LogP contribution in [0.25, 0.3) is 54.5 Å². The van der Waals surface area contributed by atoms with Crippen molar-refractivity contribution < 1.29 is 0 Å². The number of nitrogens with zero attached hydrogens (tertiary/aromatic N) is 1. The lowest BCUT2D eigenvalue weighted by molar-refractivity contribution is 0.732. The molecule has 0 bridgehead atoms. The van der Waals surface area contributed by atoms with Crippen LogP contribution in [0.1, 0.15) is 22.3 Å². The van der Waals surface area contributed by atoms with E-state index in [1.807, 2.05) is 0 Å². The summed E-state index contributed by atoms with van der Waals surface area (Å²) in [5.41, 5.74) is 16.1. The molecule has 1 N–H and O–H groups in total. The van der Waals surface area contributed by atoms with Crippen molar-refractivity contribution >= 4 is 78.6 Å². The molecule has 0 saturated heterocycles. The molecule has 9 aromatic carbocycles. The third kappa shape index (κ3) is 3.91. The first-order chi connectivity index (χ1) is 26.8. The Kier molecular flexibility index (Phi) is 6.10. The lowest BCUT2D eigenvalue weighted by Gasteiger charge is -2.49. The number of anilines is 3. The number of aromatic amines is 1. The molecule has 0 spiro atoms. The Balaban J connectivity index is 1.18. The highest BCUT2D eigenvalue weighted by Gasteiger charge is 2.48. The second kappa shape index (κ2) is 11.1. The minimum atomic E-state index is -0.488. The molecule has 0 fully saturated rings. The van der Waals surface area contributed by atoms with Crippen LogP contribution in [0.2, 0.25) is 0 Å². The Hall–Kier alpha value is -6.84. The van der Waals surface area contributed by atoms with Crippen LogP contribution in [-0.2, 0) is 5.41 Å². The zero-order valence-electron chi connectivity index (χ0n) is 29.6. The van der Waals surface area contributed by atoms with E-state index in [1.54, 1.807) is 0 Å². The van der Waals surface area contributed by atoms with E-state index in [0.717, 1.165) is 7.28 Å². The van der Waals surface area contributed by atoms with Gasteiger partial charge in [-0.25, -0.2) is 0 Å². The van der Waals surface area contributed by atoms with Crippen molar-refractivity contribution in [2.24, 2.45) is 0 Å². The predicted octanol–water partition coefficient (Wildman–Crippen LogP) is 11.2. The molecule has 2 aliphatic rings. The lowest BCUT2D eigenvalue weighted by atomic mass is 9.54. The first kappa shape index (κ1) is 29.7. The molecule has 3 heterocycles. The van der Waals surface area contributed by atoms with Crippen LogP contribution in [-0.4, -0.2) is 12.3 Å². The highest BCUT2D eigenvalue weighted by Crippen LogP contribution is 2.58. The number of H-pyrrole nitrogens is 1. The largest absolute Gasteiger partial charge is 0.354 e. The molecule has 10 aromatic rings. The zero-order valence-corrected chi connectivity index (χ0v) is 29.6.